The Kier molecular flexibility index (Phi) is 4.41. The third-order valence-corrected chi connectivity index (χ3v) is 3.76. The maximum Gasteiger partial charge on any atom is 0.451 e. The van der Waals surface area contributed by atoms with E-state index < -0.39 is 29.6 Å². The highest BCUT2D eigenvalue weighted by atomic mass is 19.4. The smallest absolute Gasteiger partial charge is 0.443 e. The summed E-state index contributed by atoms with van der Waals surface area (Å²) in [7, 11) is 0. The van der Waals surface area contributed by atoms with Crippen molar-refractivity contribution in [2.45, 2.75) is 39.1 Å². The van der Waals surface area contributed by atoms with Crippen molar-refractivity contribution in [3.05, 3.63) is 47.5 Å². The number of hydrogen-bond acceptors (Lipinski definition) is 5. The molecule has 142 valence electrons. The van der Waals surface area contributed by atoms with Gasteiger partial charge in [0.05, 0.1) is 6.54 Å². The van der Waals surface area contributed by atoms with Gasteiger partial charge in [0.2, 0.25) is 5.82 Å². The Balaban J connectivity index is 1.85. The Hall–Kier alpha value is -2.97. The number of hydrogen-bond donors (Lipinski definition) is 0. The molecule has 0 saturated carbocycles. The van der Waals surface area contributed by atoms with E-state index in [1.807, 2.05) is 0 Å². The largest absolute Gasteiger partial charge is 0.451 e. The average Bonchev–Trinajstić information content (AvgIpc) is 2.89. The number of imide groups is 1. The quantitative estimate of drug-likeness (QED) is 0.747. The summed E-state index contributed by atoms with van der Waals surface area (Å²) >= 11 is 0. The lowest BCUT2D eigenvalue weighted by molar-refractivity contribution is -0.145. The molecule has 1 aliphatic rings. The van der Waals surface area contributed by atoms with Gasteiger partial charge < -0.3 is 4.74 Å². The zero-order valence-electron chi connectivity index (χ0n) is 14.8. The lowest BCUT2D eigenvalue weighted by Crippen LogP contribution is -2.36. The van der Waals surface area contributed by atoms with Crippen molar-refractivity contribution >= 4 is 12.0 Å². The SMILES string of the molecule is CC(C)(C)OC(=O)N1Cc2cc(-c3cnc(C(F)(F)F)nc3)ccc2C1=O. The molecule has 0 saturated heterocycles. The molecular formula is C18H16F3N3O3. The molecule has 2 amide bonds. The lowest BCUT2D eigenvalue weighted by Gasteiger charge is -2.23. The maximum absolute atomic E-state index is 12.6. The molecule has 0 radical (unpaired) electrons. The van der Waals surface area contributed by atoms with E-state index in [2.05, 4.69) is 9.97 Å². The molecule has 3 rings (SSSR count). The van der Waals surface area contributed by atoms with E-state index in [-0.39, 0.29) is 6.54 Å². The number of ether oxygens (including phenoxy) is 1. The van der Waals surface area contributed by atoms with Gasteiger partial charge in [-0.2, -0.15) is 13.2 Å². The van der Waals surface area contributed by atoms with Gasteiger partial charge in [-0.1, -0.05) is 6.07 Å². The zero-order valence-corrected chi connectivity index (χ0v) is 14.8. The van der Waals surface area contributed by atoms with Crippen LogP contribution in [0.3, 0.4) is 0 Å². The molecule has 9 heteroatoms. The molecule has 2 heterocycles. The summed E-state index contributed by atoms with van der Waals surface area (Å²) in [6.45, 7) is 5.11. The number of aromatic nitrogens is 2. The predicted octanol–water partition coefficient (Wildman–Crippen LogP) is 4.05. The van der Waals surface area contributed by atoms with Crippen LogP contribution in [-0.2, 0) is 17.5 Å². The molecule has 27 heavy (non-hydrogen) atoms. The zero-order chi connectivity index (χ0) is 20.0. The number of benzene rings is 1. The van der Waals surface area contributed by atoms with Crippen molar-refractivity contribution in [2.75, 3.05) is 0 Å². The third-order valence-electron chi connectivity index (χ3n) is 3.76. The first-order chi connectivity index (χ1) is 12.5. The second-order valence-corrected chi connectivity index (χ2v) is 7.04. The first-order valence-electron chi connectivity index (χ1n) is 8.03. The van der Waals surface area contributed by atoms with E-state index in [4.69, 9.17) is 4.74 Å². The summed E-state index contributed by atoms with van der Waals surface area (Å²) in [6, 6.07) is 4.72. The highest BCUT2D eigenvalue weighted by Crippen LogP contribution is 2.30. The predicted molar refractivity (Wildman–Crippen MR) is 88.6 cm³/mol. The van der Waals surface area contributed by atoms with Crippen LogP contribution in [0.1, 0.15) is 42.5 Å². The van der Waals surface area contributed by atoms with Gasteiger partial charge in [-0.15, -0.1) is 0 Å². The second-order valence-electron chi connectivity index (χ2n) is 7.04. The minimum absolute atomic E-state index is 0.0262. The Bertz CT molecular complexity index is 903. The van der Waals surface area contributed by atoms with Gasteiger partial charge >= 0.3 is 12.3 Å². The highest BCUT2D eigenvalue weighted by Gasteiger charge is 2.36. The fraction of sp³-hybridized carbons (Fsp3) is 0.333. The normalized spacial score (nSPS) is 14.3. The standard InChI is InChI=1S/C18H16F3N3O3/c1-17(2,3)27-16(26)24-9-11-6-10(4-5-13(11)14(24)25)12-7-22-15(23-8-12)18(19,20)21/h4-8H,9H2,1-3H3. The first kappa shape index (κ1) is 18.8. The minimum Gasteiger partial charge on any atom is -0.443 e. The van der Waals surface area contributed by atoms with Gasteiger partial charge in [0, 0.05) is 23.5 Å². The van der Waals surface area contributed by atoms with Crippen molar-refractivity contribution < 1.29 is 27.5 Å². The molecule has 0 spiro atoms. The number of halogens is 3. The summed E-state index contributed by atoms with van der Waals surface area (Å²) in [6.07, 6.45) is -3.22. The Morgan fingerprint density at radius 3 is 2.30 bits per heavy atom. The number of rotatable bonds is 1. The molecule has 1 aliphatic heterocycles. The number of carbonyl (C=O) groups is 2. The fourth-order valence-corrected chi connectivity index (χ4v) is 2.59. The van der Waals surface area contributed by atoms with E-state index in [1.165, 1.54) is 6.07 Å². The number of carbonyl (C=O) groups excluding carboxylic acids is 2. The van der Waals surface area contributed by atoms with Crippen LogP contribution in [0.4, 0.5) is 18.0 Å². The Morgan fingerprint density at radius 1 is 1.11 bits per heavy atom. The molecule has 0 aliphatic carbocycles. The molecule has 1 aromatic carbocycles. The van der Waals surface area contributed by atoms with Crippen LogP contribution >= 0.6 is 0 Å². The summed E-state index contributed by atoms with van der Waals surface area (Å²) in [5.74, 6) is -1.70. The summed E-state index contributed by atoms with van der Waals surface area (Å²) in [5.41, 5.74) is 1.09. The first-order valence-corrected chi connectivity index (χ1v) is 8.03. The molecule has 0 fully saturated rings. The number of alkyl halides is 3. The average molecular weight is 379 g/mol. The van der Waals surface area contributed by atoms with Gasteiger partial charge in [0.1, 0.15) is 5.60 Å². The van der Waals surface area contributed by atoms with Crippen molar-refractivity contribution in [3.8, 4) is 11.1 Å². The van der Waals surface area contributed by atoms with Crippen LogP contribution in [0, 0.1) is 0 Å². The van der Waals surface area contributed by atoms with Crippen LogP contribution in [0.25, 0.3) is 11.1 Å². The van der Waals surface area contributed by atoms with Crippen molar-refractivity contribution in [1.29, 1.82) is 0 Å². The Morgan fingerprint density at radius 2 is 1.74 bits per heavy atom. The lowest BCUT2D eigenvalue weighted by atomic mass is 10.0. The molecule has 6 nitrogen and oxygen atoms in total. The Labute approximate surface area is 153 Å². The molecular weight excluding hydrogens is 363 g/mol. The molecule has 0 N–H and O–H groups in total. The molecule has 0 unspecified atom stereocenters. The van der Waals surface area contributed by atoms with E-state index in [1.54, 1.807) is 32.9 Å². The van der Waals surface area contributed by atoms with Crippen LogP contribution in [0.2, 0.25) is 0 Å². The molecule has 0 bridgehead atoms. The van der Waals surface area contributed by atoms with Gasteiger partial charge in [-0.05, 0) is 44.0 Å². The number of amides is 2. The summed E-state index contributed by atoms with van der Waals surface area (Å²) < 4.78 is 42.9. The van der Waals surface area contributed by atoms with Crippen LogP contribution in [0.5, 0.6) is 0 Å². The highest BCUT2D eigenvalue weighted by molar-refractivity contribution is 6.06. The summed E-state index contributed by atoms with van der Waals surface area (Å²) in [5, 5.41) is 0. The molecule has 2 aromatic rings. The van der Waals surface area contributed by atoms with E-state index in [0.29, 0.717) is 22.3 Å². The van der Waals surface area contributed by atoms with Gasteiger partial charge in [-0.3, -0.25) is 4.79 Å². The van der Waals surface area contributed by atoms with Crippen LogP contribution < -0.4 is 0 Å². The fourth-order valence-electron chi connectivity index (χ4n) is 2.59. The minimum atomic E-state index is -4.61. The van der Waals surface area contributed by atoms with Crippen LogP contribution in [-0.4, -0.2) is 32.5 Å². The van der Waals surface area contributed by atoms with E-state index in [0.717, 1.165) is 17.3 Å². The monoisotopic (exact) mass is 379 g/mol. The van der Waals surface area contributed by atoms with E-state index >= 15 is 0 Å². The van der Waals surface area contributed by atoms with Crippen molar-refractivity contribution in [3.63, 3.8) is 0 Å². The maximum atomic E-state index is 12.6. The number of nitrogens with zero attached hydrogens (tertiary/aromatic N) is 3. The van der Waals surface area contributed by atoms with Gasteiger partial charge in [0.25, 0.3) is 5.91 Å². The van der Waals surface area contributed by atoms with E-state index in [9.17, 15) is 22.8 Å². The van der Waals surface area contributed by atoms with Gasteiger partial charge in [0.15, 0.2) is 0 Å². The second kappa shape index (κ2) is 6.33. The molecule has 0 atom stereocenters. The molecule has 1 aromatic heterocycles. The van der Waals surface area contributed by atoms with Crippen molar-refractivity contribution in [2.24, 2.45) is 0 Å². The number of fused-ring (bicyclic) bond motifs is 1. The topological polar surface area (TPSA) is 72.4 Å². The summed E-state index contributed by atoms with van der Waals surface area (Å²) in [4.78, 5) is 32.2. The van der Waals surface area contributed by atoms with Crippen molar-refractivity contribution in [1.82, 2.24) is 14.9 Å². The van der Waals surface area contributed by atoms with Crippen LogP contribution in [0.15, 0.2) is 30.6 Å². The van der Waals surface area contributed by atoms with Gasteiger partial charge in [-0.25, -0.2) is 19.7 Å². The third kappa shape index (κ3) is 3.91.